The van der Waals surface area contributed by atoms with Gasteiger partial charge in [0.05, 0.1) is 18.2 Å². The molecule has 0 saturated heterocycles. The molecule has 3 N–H and O–H groups in total. The van der Waals surface area contributed by atoms with Crippen LogP contribution in [-0.4, -0.2) is 39.6 Å². The number of carbonyl (C=O) groups excluding carboxylic acids is 2. The predicted octanol–water partition coefficient (Wildman–Crippen LogP) is 1.61. The van der Waals surface area contributed by atoms with Gasteiger partial charge in [0.2, 0.25) is 5.91 Å². The standard InChI is InChI=1S/C18H21N5O2/c1-11(24)22-9-7-16-14(10-22)17(19)21-23(16)18(25)13-6-8-20-15-5-3-2-4-12(13)15/h2-5,13,20H,6-10H2,1H3,(H2,19,21). The second-order valence-corrected chi connectivity index (χ2v) is 6.61. The summed E-state index contributed by atoms with van der Waals surface area (Å²) >= 11 is 0. The second-order valence-electron chi connectivity index (χ2n) is 6.61. The van der Waals surface area contributed by atoms with Crippen LogP contribution in [0.4, 0.5) is 11.5 Å². The predicted molar refractivity (Wildman–Crippen MR) is 94.4 cm³/mol. The molecule has 25 heavy (non-hydrogen) atoms. The van der Waals surface area contributed by atoms with E-state index in [1.165, 1.54) is 4.68 Å². The van der Waals surface area contributed by atoms with Gasteiger partial charge in [-0.15, -0.1) is 5.10 Å². The molecule has 130 valence electrons. The monoisotopic (exact) mass is 339 g/mol. The van der Waals surface area contributed by atoms with Crippen LogP contribution in [0, 0.1) is 0 Å². The van der Waals surface area contributed by atoms with Crippen LogP contribution in [-0.2, 0) is 17.8 Å². The third-order valence-corrected chi connectivity index (χ3v) is 5.13. The van der Waals surface area contributed by atoms with Crippen molar-refractivity contribution in [3.63, 3.8) is 0 Å². The number of fused-ring (bicyclic) bond motifs is 2. The van der Waals surface area contributed by atoms with Crippen molar-refractivity contribution in [1.82, 2.24) is 14.7 Å². The van der Waals surface area contributed by atoms with Crippen LogP contribution in [0.1, 0.15) is 40.9 Å². The van der Waals surface area contributed by atoms with Gasteiger partial charge in [-0.25, -0.2) is 4.68 Å². The van der Waals surface area contributed by atoms with Crippen molar-refractivity contribution in [3.05, 3.63) is 41.1 Å². The molecular formula is C18H21N5O2. The number of nitrogen functional groups attached to an aromatic ring is 1. The Morgan fingerprint density at radius 2 is 2.12 bits per heavy atom. The Kier molecular flexibility index (Phi) is 3.71. The fraction of sp³-hybridized carbons (Fsp3) is 0.389. The largest absolute Gasteiger partial charge is 0.385 e. The number of nitrogens with zero attached hydrogens (tertiary/aromatic N) is 3. The van der Waals surface area contributed by atoms with Gasteiger partial charge in [0.15, 0.2) is 5.82 Å². The highest BCUT2D eigenvalue weighted by Crippen LogP contribution is 2.34. The smallest absolute Gasteiger partial charge is 0.254 e. The summed E-state index contributed by atoms with van der Waals surface area (Å²) in [5, 5.41) is 7.65. The van der Waals surface area contributed by atoms with E-state index < -0.39 is 0 Å². The Hall–Kier alpha value is -2.83. The molecule has 1 aromatic heterocycles. The molecule has 1 amide bonds. The van der Waals surface area contributed by atoms with Gasteiger partial charge in [-0.3, -0.25) is 9.59 Å². The minimum absolute atomic E-state index is 0.0106. The van der Waals surface area contributed by atoms with Crippen molar-refractivity contribution < 1.29 is 9.59 Å². The fourth-order valence-corrected chi connectivity index (χ4v) is 3.77. The molecule has 1 unspecified atom stereocenters. The number of nitrogens with one attached hydrogen (secondary N) is 1. The van der Waals surface area contributed by atoms with Gasteiger partial charge in [0, 0.05) is 37.7 Å². The Bertz CT molecular complexity index is 857. The molecule has 1 atom stereocenters. The lowest BCUT2D eigenvalue weighted by molar-refractivity contribution is -0.129. The number of rotatable bonds is 1. The highest BCUT2D eigenvalue weighted by molar-refractivity contribution is 5.89. The number of hydrogen-bond donors (Lipinski definition) is 2. The normalized spacial score (nSPS) is 18.9. The van der Waals surface area contributed by atoms with Gasteiger partial charge >= 0.3 is 0 Å². The van der Waals surface area contributed by atoms with Crippen LogP contribution in [0.25, 0.3) is 0 Å². The average molecular weight is 339 g/mol. The van der Waals surface area contributed by atoms with E-state index in [1.807, 2.05) is 24.3 Å². The lowest BCUT2D eigenvalue weighted by Gasteiger charge is -2.28. The third kappa shape index (κ3) is 2.56. The number of aromatic nitrogens is 2. The summed E-state index contributed by atoms with van der Waals surface area (Å²) in [6, 6.07) is 7.89. The summed E-state index contributed by atoms with van der Waals surface area (Å²) in [5.74, 6) is 0.0813. The SMILES string of the molecule is CC(=O)N1CCc2c(c(N)nn2C(=O)C2CCNc3ccccc32)C1. The Morgan fingerprint density at radius 3 is 2.92 bits per heavy atom. The van der Waals surface area contributed by atoms with Crippen LogP contribution in [0.15, 0.2) is 24.3 Å². The quantitative estimate of drug-likeness (QED) is 0.823. The van der Waals surface area contributed by atoms with Gasteiger partial charge in [0.1, 0.15) is 0 Å². The summed E-state index contributed by atoms with van der Waals surface area (Å²) in [5.41, 5.74) is 9.70. The van der Waals surface area contributed by atoms with Gasteiger partial charge < -0.3 is 16.0 Å². The van der Waals surface area contributed by atoms with Gasteiger partial charge in [0.25, 0.3) is 5.91 Å². The first-order valence-corrected chi connectivity index (χ1v) is 8.55. The molecule has 7 heteroatoms. The van der Waals surface area contributed by atoms with Crippen molar-refractivity contribution >= 4 is 23.3 Å². The fourth-order valence-electron chi connectivity index (χ4n) is 3.77. The molecule has 2 aliphatic heterocycles. The van der Waals surface area contributed by atoms with E-state index >= 15 is 0 Å². The molecule has 7 nitrogen and oxygen atoms in total. The second kappa shape index (κ2) is 5.91. The first-order valence-electron chi connectivity index (χ1n) is 8.55. The van der Waals surface area contributed by atoms with Crippen LogP contribution in [0.5, 0.6) is 0 Å². The number of hydrogen-bond acceptors (Lipinski definition) is 5. The Morgan fingerprint density at radius 1 is 1.32 bits per heavy atom. The van der Waals surface area contributed by atoms with Gasteiger partial charge in [-0.1, -0.05) is 18.2 Å². The van der Waals surface area contributed by atoms with Crippen molar-refractivity contribution in [2.24, 2.45) is 0 Å². The van der Waals surface area contributed by atoms with Crippen LogP contribution in [0.2, 0.25) is 0 Å². The zero-order chi connectivity index (χ0) is 17.6. The number of para-hydroxylation sites is 1. The topological polar surface area (TPSA) is 93.2 Å². The van der Waals surface area contributed by atoms with E-state index in [4.69, 9.17) is 5.73 Å². The molecule has 0 radical (unpaired) electrons. The maximum absolute atomic E-state index is 13.2. The summed E-state index contributed by atoms with van der Waals surface area (Å²) in [6.07, 6.45) is 1.32. The summed E-state index contributed by atoms with van der Waals surface area (Å²) < 4.78 is 1.48. The van der Waals surface area contributed by atoms with Crippen LogP contribution in [0.3, 0.4) is 0 Å². The first kappa shape index (κ1) is 15.7. The van der Waals surface area contributed by atoms with Crippen molar-refractivity contribution in [2.75, 3.05) is 24.1 Å². The first-order chi connectivity index (χ1) is 12.1. The van der Waals surface area contributed by atoms with E-state index in [0.29, 0.717) is 25.3 Å². The lowest BCUT2D eigenvalue weighted by atomic mass is 9.90. The zero-order valence-electron chi connectivity index (χ0n) is 14.2. The number of anilines is 2. The molecular weight excluding hydrogens is 318 g/mol. The minimum atomic E-state index is -0.230. The van der Waals surface area contributed by atoms with E-state index in [9.17, 15) is 9.59 Å². The lowest BCUT2D eigenvalue weighted by Crippen LogP contribution is -2.36. The van der Waals surface area contributed by atoms with Crippen molar-refractivity contribution in [2.45, 2.75) is 32.2 Å². The molecule has 2 aromatic rings. The van der Waals surface area contributed by atoms with Crippen LogP contribution >= 0.6 is 0 Å². The molecule has 0 bridgehead atoms. The van der Waals surface area contributed by atoms with Crippen LogP contribution < -0.4 is 11.1 Å². The molecule has 0 aliphatic carbocycles. The maximum Gasteiger partial charge on any atom is 0.254 e. The maximum atomic E-state index is 13.2. The number of benzene rings is 1. The van der Waals surface area contributed by atoms with E-state index in [-0.39, 0.29) is 17.7 Å². The molecule has 0 spiro atoms. The Balaban J connectivity index is 1.69. The molecule has 3 heterocycles. The van der Waals surface area contributed by atoms with Crippen molar-refractivity contribution in [1.29, 1.82) is 0 Å². The highest BCUT2D eigenvalue weighted by Gasteiger charge is 2.32. The highest BCUT2D eigenvalue weighted by atomic mass is 16.2. The van der Waals surface area contributed by atoms with Crippen molar-refractivity contribution in [3.8, 4) is 0 Å². The Labute approximate surface area is 145 Å². The van der Waals surface area contributed by atoms with Gasteiger partial charge in [-0.05, 0) is 18.1 Å². The molecule has 4 rings (SSSR count). The summed E-state index contributed by atoms with van der Waals surface area (Å²) in [4.78, 5) is 26.6. The molecule has 0 fully saturated rings. The average Bonchev–Trinajstić information content (AvgIpc) is 2.97. The molecule has 1 aromatic carbocycles. The summed E-state index contributed by atoms with van der Waals surface area (Å²) in [6.45, 7) is 3.31. The number of amides is 1. The summed E-state index contributed by atoms with van der Waals surface area (Å²) in [7, 11) is 0. The molecule has 0 saturated carbocycles. The van der Waals surface area contributed by atoms with Gasteiger partial charge in [-0.2, -0.15) is 0 Å². The zero-order valence-corrected chi connectivity index (χ0v) is 14.2. The van der Waals surface area contributed by atoms with E-state index in [2.05, 4.69) is 10.4 Å². The minimum Gasteiger partial charge on any atom is -0.385 e. The third-order valence-electron chi connectivity index (χ3n) is 5.13. The van der Waals surface area contributed by atoms with E-state index in [0.717, 1.165) is 35.5 Å². The van der Waals surface area contributed by atoms with E-state index in [1.54, 1.807) is 11.8 Å². The molecule has 2 aliphatic rings. The number of nitrogens with two attached hydrogens (primary N) is 1. The number of carbonyl (C=O) groups is 2.